The average molecular weight is 365 g/mol. The molecule has 1 atom stereocenters. The van der Waals surface area contributed by atoms with Crippen LogP contribution in [0.2, 0.25) is 0 Å². The zero-order chi connectivity index (χ0) is 18.7. The number of furan rings is 1. The number of allylic oxidation sites excluding steroid dienone is 2. The van der Waals surface area contributed by atoms with Gasteiger partial charge in [0, 0.05) is 30.7 Å². The van der Waals surface area contributed by atoms with Crippen molar-refractivity contribution in [3.63, 3.8) is 0 Å². The van der Waals surface area contributed by atoms with Gasteiger partial charge in [0.2, 0.25) is 0 Å². The number of ketones is 1. The van der Waals surface area contributed by atoms with Gasteiger partial charge in [-0.1, -0.05) is 6.07 Å². The maximum absolute atomic E-state index is 14.4. The van der Waals surface area contributed by atoms with Gasteiger partial charge in [-0.05, 0) is 36.2 Å². The number of halogens is 1. The van der Waals surface area contributed by atoms with Crippen LogP contribution in [0.1, 0.15) is 29.9 Å². The number of benzene rings is 1. The van der Waals surface area contributed by atoms with Gasteiger partial charge in [0.25, 0.3) is 5.56 Å². The molecule has 2 aromatic heterocycles. The number of rotatable bonds is 2. The van der Waals surface area contributed by atoms with E-state index in [2.05, 4.69) is 10.4 Å². The first-order valence-corrected chi connectivity index (χ1v) is 8.70. The summed E-state index contributed by atoms with van der Waals surface area (Å²) in [5.41, 5.74) is 2.62. The Kier molecular flexibility index (Phi) is 3.28. The monoisotopic (exact) mass is 365 g/mol. The first-order valence-electron chi connectivity index (χ1n) is 8.70. The summed E-state index contributed by atoms with van der Waals surface area (Å²) in [6, 6.07) is 8.01. The van der Waals surface area contributed by atoms with Gasteiger partial charge in [-0.25, -0.2) is 4.39 Å². The van der Waals surface area contributed by atoms with E-state index in [9.17, 15) is 14.0 Å². The van der Waals surface area contributed by atoms with Crippen LogP contribution in [-0.2, 0) is 11.8 Å². The van der Waals surface area contributed by atoms with E-state index in [0.717, 1.165) is 5.70 Å². The number of aryl methyl sites for hydroxylation is 1. The van der Waals surface area contributed by atoms with Crippen molar-refractivity contribution < 1.29 is 13.6 Å². The third kappa shape index (κ3) is 2.24. The number of hydrogen-bond donors (Lipinski definition) is 2. The van der Waals surface area contributed by atoms with Crippen LogP contribution in [-0.4, -0.2) is 15.6 Å². The highest BCUT2D eigenvalue weighted by atomic mass is 19.1. The number of Topliss-reactive ketones (excluding diaryl/α,β-unsaturated/α-hetero) is 1. The Bertz CT molecular complexity index is 1170. The van der Waals surface area contributed by atoms with Crippen molar-refractivity contribution in [3.8, 4) is 11.3 Å². The number of fused-ring (bicyclic) bond motifs is 1. The molecule has 0 spiro atoms. The van der Waals surface area contributed by atoms with Crippen LogP contribution in [0.4, 0.5) is 10.2 Å². The van der Waals surface area contributed by atoms with Crippen molar-refractivity contribution in [2.24, 2.45) is 7.05 Å². The van der Waals surface area contributed by atoms with Gasteiger partial charge in [-0.3, -0.25) is 19.4 Å². The number of anilines is 1. The number of carbonyl (C=O) groups excluding carboxylic acids is 1. The van der Waals surface area contributed by atoms with Crippen molar-refractivity contribution >= 4 is 11.6 Å². The largest absolute Gasteiger partial charge is 0.464 e. The smallest absolute Gasteiger partial charge is 0.270 e. The maximum Gasteiger partial charge on any atom is 0.270 e. The Morgan fingerprint density at radius 1 is 1.22 bits per heavy atom. The second-order valence-electron chi connectivity index (χ2n) is 6.85. The lowest BCUT2D eigenvalue weighted by Gasteiger charge is -2.26. The van der Waals surface area contributed by atoms with Crippen LogP contribution < -0.4 is 10.9 Å². The third-order valence-electron chi connectivity index (χ3n) is 5.29. The van der Waals surface area contributed by atoms with Gasteiger partial charge in [-0.2, -0.15) is 0 Å². The van der Waals surface area contributed by atoms with Gasteiger partial charge in [-0.15, -0.1) is 0 Å². The molecule has 2 N–H and O–H groups in total. The van der Waals surface area contributed by atoms with Gasteiger partial charge in [0.15, 0.2) is 5.78 Å². The summed E-state index contributed by atoms with van der Waals surface area (Å²) >= 11 is 0. The molecule has 0 radical (unpaired) electrons. The molecule has 0 saturated heterocycles. The highest BCUT2D eigenvalue weighted by Gasteiger charge is 2.40. The molecule has 0 bridgehead atoms. The van der Waals surface area contributed by atoms with Crippen LogP contribution >= 0.6 is 0 Å². The Labute approximate surface area is 153 Å². The fourth-order valence-electron chi connectivity index (χ4n) is 4.08. The minimum Gasteiger partial charge on any atom is -0.464 e. The Balaban J connectivity index is 1.75. The molecule has 1 unspecified atom stereocenters. The van der Waals surface area contributed by atoms with Crippen LogP contribution in [0, 0.1) is 5.82 Å². The quantitative estimate of drug-likeness (QED) is 0.730. The number of nitrogens with one attached hydrogen (secondary N) is 2. The number of hydrogen-bond acceptors (Lipinski definition) is 4. The number of aromatic nitrogens is 2. The predicted molar refractivity (Wildman–Crippen MR) is 96.9 cm³/mol. The normalized spacial score (nSPS) is 18.4. The second-order valence-corrected chi connectivity index (χ2v) is 6.85. The summed E-state index contributed by atoms with van der Waals surface area (Å²) in [5.74, 6) is 0.0994. The number of nitrogens with zero attached hydrogens (tertiary/aromatic N) is 1. The van der Waals surface area contributed by atoms with Crippen LogP contribution in [0.5, 0.6) is 0 Å². The molecule has 3 aromatic rings. The third-order valence-corrected chi connectivity index (χ3v) is 5.29. The van der Waals surface area contributed by atoms with E-state index in [4.69, 9.17) is 4.42 Å². The van der Waals surface area contributed by atoms with E-state index >= 15 is 0 Å². The summed E-state index contributed by atoms with van der Waals surface area (Å²) in [6.45, 7) is 0. The molecule has 3 heterocycles. The zero-order valence-corrected chi connectivity index (χ0v) is 14.5. The molecular weight excluding hydrogens is 349 g/mol. The van der Waals surface area contributed by atoms with Gasteiger partial charge in [0.05, 0.1) is 17.4 Å². The molecule has 5 rings (SSSR count). The van der Waals surface area contributed by atoms with Crippen LogP contribution in [0.3, 0.4) is 0 Å². The predicted octanol–water partition coefficient (Wildman–Crippen LogP) is 3.29. The van der Waals surface area contributed by atoms with Crippen molar-refractivity contribution in [3.05, 3.63) is 75.2 Å². The van der Waals surface area contributed by atoms with Crippen molar-refractivity contribution in [2.45, 2.75) is 18.8 Å². The lowest BCUT2D eigenvalue weighted by molar-refractivity contribution is -0.115. The topological polar surface area (TPSA) is 80.0 Å². The van der Waals surface area contributed by atoms with E-state index in [0.29, 0.717) is 46.7 Å². The number of aromatic amines is 1. The van der Waals surface area contributed by atoms with Gasteiger partial charge < -0.3 is 9.73 Å². The summed E-state index contributed by atoms with van der Waals surface area (Å²) in [7, 11) is 1.74. The molecule has 6 nitrogen and oxygen atoms in total. The minimum absolute atomic E-state index is 0.0141. The van der Waals surface area contributed by atoms with E-state index in [1.54, 1.807) is 36.0 Å². The maximum atomic E-state index is 14.4. The van der Waals surface area contributed by atoms with Crippen molar-refractivity contribution in [2.75, 3.05) is 5.32 Å². The molecular formula is C20H16FN3O3. The fourth-order valence-corrected chi connectivity index (χ4v) is 4.08. The highest BCUT2D eigenvalue weighted by Crippen LogP contribution is 2.45. The Hall–Kier alpha value is -3.35. The Morgan fingerprint density at radius 3 is 2.85 bits per heavy atom. The summed E-state index contributed by atoms with van der Waals surface area (Å²) in [5, 5.41) is 5.97. The van der Waals surface area contributed by atoms with Crippen LogP contribution in [0.15, 0.2) is 57.1 Å². The molecule has 2 aliphatic rings. The molecule has 1 aliphatic carbocycles. The van der Waals surface area contributed by atoms with Crippen molar-refractivity contribution in [1.29, 1.82) is 0 Å². The standard InChI is InChI=1S/C20H16FN3O3/c1-24-19-18(20(26)23-24)16(17-13(22-19)6-7-14(17)25)10-4-5-12(21)11(9-10)15-3-2-8-27-15/h2-5,8-9,16,22H,6-7H2,1H3,(H,23,26). The minimum atomic E-state index is -0.537. The molecule has 0 saturated carbocycles. The number of carbonyl (C=O) groups is 1. The summed E-state index contributed by atoms with van der Waals surface area (Å²) < 4.78 is 21.4. The molecule has 1 aromatic carbocycles. The summed E-state index contributed by atoms with van der Waals surface area (Å²) in [4.78, 5) is 25.2. The highest BCUT2D eigenvalue weighted by molar-refractivity contribution is 6.02. The van der Waals surface area contributed by atoms with E-state index in [1.165, 1.54) is 12.3 Å². The molecule has 1 aliphatic heterocycles. The van der Waals surface area contributed by atoms with Crippen LogP contribution in [0.25, 0.3) is 11.3 Å². The zero-order valence-electron chi connectivity index (χ0n) is 14.5. The van der Waals surface area contributed by atoms with Gasteiger partial charge in [0.1, 0.15) is 17.4 Å². The SMILES string of the molecule is Cn1[nH]c(=O)c2c1NC1=C(C(=O)CC1)C2c1ccc(F)c(-c2ccco2)c1. The summed E-state index contributed by atoms with van der Waals surface area (Å²) in [6.07, 6.45) is 2.50. The fraction of sp³-hybridized carbons (Fsp3) is 0.200. The van der Waals surface area contributed by atoms with E-state index in [-0.39, 0.29) is 11.3 Å². The first-order chi connectivity index (χ1) is 13.0. The molecule has 136 valence electrons. The molecule has 0 fully saturated rings. The lowest BCUT2D eigenvalue weighted by atomic mass is 9.82. The van der Waals surface area contributed by atoms with E-state index in [1.807, 2.05) is 0 Å². The second kappa shape index (κ2) is 5.57. The molecule has 7 heteroatoms. The van der Waals surface area contributed by atoms with Crippen molar-refractivity contribution in [1.82, 2.24) is 9.78 Å². The van der Waals surface area contributed by atoms with E-state index < -0.39 is 11.7 Å². The molecule has 27 heavy (non-hydrogen) atoms. The number of H-pyrrole nitrogens is 1. The van der Waals surface area contributed by atoms with Gasteiger partial charge >= 0.3 is 0 Å². The Morgan fingerprint density at radius 2 is 2.07 bits per heavy atom. The molecule has 0 amide bonds. The average Bonchev–Trinajstić information content (AvgIpc) is 3.36. The first kappa shape index (κ1) is 15.9. The lowest BCUT2D eigenvalue weighted by Crippen LogP contribution is -2.23.